The van der Waals surface area contributed by atoms with Gasteiger partial charge >= 0.3 is 0 Å². The first-order chi connectivity index (χ1) is 16.7. The number of nitrogens with two attached hydrogens (primary N) is 1. The number of aryl methyl sites for hydroxylation is 2. The molecule has 1 aliphatic heterocycles. The van der Waals surface area contributed by atoms with Crippen molar-refractivity contribution in [2.75, 3.05) is 24.5 Å². The van der Waals surface area contributed by atoms with Gasteiger partial charge in [-0.05, 0) is 87.3 Å². The average molecular weight is 480 g/mol. The van der Waals surface area contributed by atoms with Gasteiger partial charge in [-0.2, -0.15) is 0 Å². The molecule has 2 atom stereocenters. The molecular weight excluding hydrogens is 437 g/mol. The van der Waals surface area contributed by atoms with E-state index in [0.717, 1.165) is 50.8 Å². The Bertz CT molecular complexity index is 964. The Kier molecular flexibility index (Phi) is 9.91. The molecule has 2 aromatic rings. The van der Waals surface area contributed by atoms with Crippen LogP contribution >= 0.6 is 0 Å². The van der Waals surface area contributed by atoms with E-state index in [2.05, 4.69) is 62.9 Å². The lowest BCUT2D eigenvalue weighted by Crippen LogP contribution is -2.54. The van der Waals surface area contributed by atoms with Crippen LogP contribution in [0.5, 0.6) is 0 Å². The summed E-state index contributed by atoms with van der Waals surface area (Å²) >= 11 is 0. The molecule has 2 N–H and O–H groups in total. The van der Waals surface area contributed by atoms with Crippen LogP contribution in [0.2, 0.25) is 0 Å². The molecule has 0 saturated carbocycles. The zero-order chi connectivity index (χ0) is 25.4. The molecule has 1 amide bonds. The van der Waals surface area contributed by atoms with Gasteiger partial charge in [-0.15, -0.1) is 0 Å². The van der Waals surface area contributed by atoms with Crippen molar-refractivity contribution in [1.82, 2.24) is 4.90 Å². The molecule has 0 radical (unpaired) electrons. The smallest absolute Gasteiger partial charge is 0.239 e. The maximum atomic E-state index is 13.2. The van der Waals surface area contributed by atoms with Crippen LogP contribution in [0.1, 0.15) is 58.1 Å². The number of nitrogens with zero attached hydrogens (tertiary/aromatic N) is 2. The van der Waals surface area contributed by atoms with Gasteiger partial charge in [-0.3, -0.25) is 4.79 Å². The first kappa shape index (κ1) is 26.9. The van der Waals surface area contributed by atoms with Gasteiger partial charge in [-0.1, -0.05) is 49.8 Å². The molecule has 2 aromatic carbocycles. The molecular formula is C30H42FN3O. The third-order valence-electron chi connectivity index (χ3n) is 6.77. The van der Waals surface area contributed by atoms with Crippen molar-refractivity contribution >= 4 is 11.6 Å². The Hall–Kier alpha value is -2.66. The van der Waals surface area contributed by atoms with Crippen molar-refractivity contribution in [3.8, 4) is 0 Å². The SMILES string of the molecule is CC(C)=CCN(c1ccc(CCc2ccc(F)cc2)cc1)C1CCCN(C(=O)[C@@H](N)CC(C)C)C1. The number of allylic oxidation sites excluding steroid dienone is 1. The van der Waals surface area contributed by atoms with Crippen LogP contribution < -0.4 is 10.6 Å². The summed E-state index contributed by atoms with van der Waals surface area (Å²) in [4.78, 5) is 17.4. The lowest BCUT2D eigenvalue weighted by molar-refractivity contribution is -0.134. The summed E-state index contributed by atoms with van der Waals surface area (Å²) in [6.07, 6.45) is 6.84. The average Bonchev–Trinajstić information content (AvgIpc) is 2.83. The summed E-state index contributed by atoms with van der Waals surface area (Å²) in [5.41, 5.74) is 11.1. The van der Waals surface area contributed by atoms with Crippen LogP contribution in [0.25, 0.3) is 0 Å². The Morgan fingerprint density at radius 1 is 1.09 bits per heavy atom. The van der Waals surface area contributed by atoms with Crippen molar-refractivity contribution in [3.63, 3.8) is 0 Å². The number of hydrogen-bond acceptors (Lipinski definition) is 3. The van der Waals surface area contributed by atoms with E-state index in [9.17, 15) is 9.18 Å². The van der Waals surface area contributed by atoms with Crippen LogP contribution in [0.4, 0.5) is 10.1 Å². The molecule has 1 fully saturated rings. The highest BCUT2D eigenvalue weighted by Crippen LogP contribution is 2.25. The Morgan fingerprint density at radius 3 is 2.26 bits per heavy atom. The van der Waals surface area contributed by atoms with Crippen LogP contribution in [0.15, 0.2) is 60.2 Å². The second-order valence-electron chi connectivity index (χ2n) is 10.5. The number of anilines is 1. The van der Waals surface area contributed by atoms with E-state index in [-0.39, 0.29) is 17.8 Å². The highest BCUT2D eigenvalue weighted by Gasteiger charge is 2.30. The van der Waals surface area contributed by atoms with E-state index in [1.807, 2.05) is 17.0 Å². The zero-order valence-corrected chi connectivity index (χ0v) is 21.8. The number of halogens is 1. The Morgan fingerprint density at radius 2 is 1.69 bits per heavy atom. The molecule has 0 aliphatic carbocycles. The summed E-state index contributed by atoms with van der Waals surface area (Å²) in [5, 5.41) is 0. The van der Waals surface area contributed by atoms with Gasteiger partial charge in [-0.25, -0.2) is 4.39 Å². The third kappa shape index (κ3) is 8.21. The Balaban J connectivity index is 1.70. The number of carbonyl (C=O) groups is 1. The predicted octanol–water partition coefficient (Wildman–Crippen LogP) is 5.75. The molecule has 35 heavy (non-hydrogen) atoms. The monoisotopic (exact) mass is 479 g/mol. The maximum absolute atomic E-state index is 13.2. The first-order valence-corrected chi connectivity index (χ1v) is 13.0. The van der Waals surface area contributed by atoms with Gasteiger partial charge in [0.15, 0.2) is 0 Å². The Labute approximate surface area is 211 Å². The number of piperidine rings is 1. The van der Waals surface area contributed by atoms with E-state index in [4.69, 9.17) is 5.73 Å². The predicted molar refractivity (Wildman–Crippen MR) is 144 cm³/mol. The standard InChI is InChI=1S/C30H42FN3O/c1-22(2)17-19-34(28-6-5-18-33(21-28)30(35)29(32)20-23(3)4)27-15-11-25(12-16-27)8-7-24-9-13-26(31)14-10-24/h9-17,23,28-29H,5-8,18-21,32H2,1-4H3/t28?,29-/m0/s1. The fourth-order valence-electron chi connectivity index (χ4n) is 4.79. The number of hydrogen-bond donors (Lipinski definition) is 1. The molecule has 5 heteroatoms. The molecule has 1 saturated heterocycles. The van der Waals surface area contributed by atoms with Gasteiger partial charge in [0.2, 0.25) is 5.91 Å². The van der Waals surface area contributed by atoms with Crippen LogP contribution in [-0.4, -0.2) is 42.5 Å². The third-order valence-corrected chi connectivity index (χ3v) is 6.77. The number of likely N-dealkylation sites (tertiary alicyclic amines) is 1. The van der Waals surface area contributed by atoms with Gasteiger partial charge in [0.1, 0.15) is 5.82 Å². The van der Waals surface area contributed by atoms with Crippen molar-refractivity contribution in [3.05, 3.63) is 77.1 Å². The van der Waals surface area contributed by atoms with Crippen LogP contribution in [0.3, 0.4) is 0 Å². The van der Waals surface area contributed by atoms with Crippen molar-refractivity contribution < 1.29 is 9.18 Å². The van der Waals surface area contributed by atoms with Gasteiger partial charge in [0.05, 0.1) is 6.04 Å². The minimum Gasteiger partial charge on any atom is -0.363 e. The van der Waals surface area contributed by atoms with Crippen molar-refractivity contribution in [1.29, 1.82) is 0 Å². The van der Waals surface area contributed by atoms with E-state index in [1.165, 1.54) is 29.0 Å². The number of rotatable bonds is 10. The minimum atomic E-state index is -0.416. The molecule has 4 nitrogen and oxygen atoms in total. The van der Waals surface area contributed by atoms with E-state index >= 15 is 0 Å². The van der Waals surface area contributed by atoms with Gasteiger partial charge in [0, 0.05) is 31.4 Å². The lowest BCUT2D eigenvalue weighted by atomic mass is 9.99. The van der Waals surface area contributed by atoms with Crippen molar-refractivity contribution in [2.45, 2.75) is 71.9 Å². The highest BCUT2D eigenvalue weighted by atomic mass is 19.1. The summed E-state index contributed by atoms with van der Waals surface area (Å²) in [7, 11) is 0. The van der Waals surface area contributed by atoms with E-state index < -0.39 is 6.04 Å². The van der Waals surface area contributed by atoms with E-state index in [0.29, 0.717) is 12.5 Å². The molecule has 0 bridgehead atoms. The van der Waals surface area contributed by atoms with Crippen LogP contribution in [-0.2, 0) is 17.6 Å². The fourth-order valence-corrected chi connectivity index (χ4v) is 4.79. The maximum Gasteiger partial charge on any atom is 0.239 e. The lowest BCUT2D eigenvalue weighted by Gasteiger charge is -2.41. The summed E-state index contributed by atoms with van der Waals surface area (Å²) in [6.45, 7) is 10.8. The zero-order valence-electron chi connectivity index (χ0n) is 21.8. The normalized spacial score (nSPS) is 16.8. The molecule has 1 aliphatic rings. The number of amides is 1. The number of carbonyl (C=O) groups excluding carboxylic acids is 1. The molecule has 0 aromatic heterocycles. The topological polar surface area (TPSA) is 49.6 Å². The largest absolute Gasteiger partial charge is 0.363 e. The first-order valence-electron chi connectivity index (χ1n) is 13.0. The second-order valence-corrected chi connectivity index (χ2v) is 10.5. The molecule has 1 unspecified atom stereocenters. The quantitative estimate of drug-likeness (QED) is 0.442. The van der Waals surface area contributed by atoms with Gasteiger partial charge < -0.3 is 15.5 Å². The second kappa shape index (κ2) is 12.9. The van der Waals surface area contributed by atoms with Crippen LogP contribution in [0, 0.1) is 11.7 Å². The molecule has 3 rings (SSSR count). The highest BCUT2D eigenvalue weighted by molar-refractivity contribution is 5.81. The minimum absolute atomic E-state index is 0.0849. The van der Waals surface area contributed by atoms with Crippen molar-refractivity contribution in [2.24, 2.45) is 11.7 Å². The fraction of sp³-hybridized carbons (Fsp3) is 0.500. The van der Waals surface area contributed by atoms with Gasteiger partial charge in [0.25, 0.3) is 0 Å². The van der Waals surface area contributed by atoms with E-state index in [1.54, 1.807) is 0 Å². The summed E-state index contributed by atoms with van der Waals surface area (Å²) < 4.78 is 13.2. The molecule has 1 heterocycles. The summed E-state index contributed by atoms with van der Waals surface area (Å²) in [5.74, 6) is 0.298. The molecule has 0 spiro atoms. The number of benzene rings is 2. The summed E-state index contributed by atoms with van der Waals surface area (Å²) in [6, 6.07) is 15.4. The molecule has 190 valence electrons.